The Kier molecular flexibility index (Phi) is 2.15. The molecule has 0 atom stereocenters. The summed E-state index contributed by atoms with van der Waals surface area (Å²) in [7, 11) is 0. The van der Waals surface area contributed by atoms with E-state index in [0.29, 0.717) is 5.92 Å². The monoisotopic (exact) mass is 190 g/mol. The van der Waals surface area contributed by atoms with Crippen molar-refractivity contribution >= 4 is 17.1 Å². The fraction of sp³-hybridized carbons (Fsp3) is 0.364. The van der Waals surface area contributed by atoms with Crippen molar-refractivity contribution < 1.29 is 4.42 Å². The molecule has 0 spiro atoms. The highest BCUT2D eigenvalue weighted by molar-refractivity contribution is 5.74. The second-order valence-electron chi connectivity index (χ2n) is 3.95. The number of nitrogens with two attached hydrogens (primary N) is 1. The minimum atomic E-state index is 0.238. The Bertz CT molecular complexity index is 445. The Morgan fingerprint density at radius 1 is 1.43 bits per heavy atom. The van der Waals surface area contributed by atoms with Gasteiger partial charge in [-0.25, -0.2) is 0 Å². The van der Waals surface area contributed by atoms with Crippen LogP contribution in [0.3, 0.4) is 0 Å². The van der Waals surface area contributed by atoms with Crippen molar-refractivity contribution in [3.63, 3.8) is 0 Å². The predicted molar refractivity (Wildman–Crippen MR) is 57.0 cm³/mol. The van der Waals surface area contributed by atoms with Crippen LogP contribution in [0.15, 0.2) is 22.6 Å². The number of hydrogen-bond acceptors (Lipinski definition) is 3. The quantitative estimate of drug-likeness (QED) is 0.791. The average Bonchev–Trinajstić information content (AvgIpc) is 2.42. The first-order valence-electron chi connectivity index (χ1n) is 4.80. The van der Waals surface area contributed by atoms with Gasteiger partial charge in [0.05, 0.1) is 0 Å². The Morgan fingerprint density at radius 2 is 2.21 bits per heavy atom. The van der Waals surface area contributed by atoms with E-state index in [2.05, 4.69) is 24.9 Å². The molecule has 2 rings (SSSR count). The summed E-state index contributed by atoms with van der Waals surface area (Å²) in [5, 5.41) is 0. The van der Waals surface area contributed by atoms with Crippen LogP contribution in [0.25, 0.3) is 11.1 Å². The van der Waals surface area contributed by atoms with E-state index in [-0.39, 0.29) is 6.01 Å². The van der Waals surface area contributed by atoms with Gasteiger partial charge < -0.3 is 10.2 Å². The lowest BCUT2D eigenvalue weighted by molar-refractivity contribution is 0.625. The number of oxazole rings is 1. The molecule has 0 saturated heterocycles. The van der Waals surface area contributed by atoms with Crippen molar-refractivity contribution in [2.24, 2.45) is 5.92 Å². The van der Waals surface area contributed by atoms with Gasteiger partial charge in [-0.05, 0) is 30.0 Å². The number of anilines is 1. The van der Waals surface area contributed by atoms with Crippen molar-refractivity contribution in [3.05, 3.63) is 23.8 Å². The van der Waals surface area contributed by atoms with E-state index in [1.165, 1.54) is 5.56 Å². The summed E-state index contributed by atoms with van der Waals surface area (Å²) in [6.07, 6.45) is 1.06. The van der Waals surface area contributed by atoms with Crippen LogP contribution in [-0.4, -0.2) is 4.98 Å². The molecule has 0 amide bonds. The van der Waals surface area contributed by atoms with E-state index < -0.39 is 0 Å². The van der Waals surface area contributed by atoms with Crippen molar-refractivity contribution in [2.75, 3.05) is 5.73 Å². The van der Waals surface area contributed by atoms with E-state index in [9.17, 15) is 0 Å². The number of rotatable bonds is 2. The molecule has 0 fully saturated rings. The third kappa shape index (κ3) is 1.71. The van der Waals surface area contributed by atoms with Crippen molar-refractivity contribution in [1.82, 2.24) is 4.98 Å². The van der Waals surface area contributed by atoms with Gasteiger partial charge in [0.15, 0.2) is 5.58 Å². The van der Waals surface area contributed by atoms with Gasteiger partial charge in [0.2, 0.25) is 0 Å². The van der Waals surface area contributed by atoms with Crippen LogP contribution in [0.1, 0.15) is 19.4 Å². The Morgan fingerprint density at radius 3 is 2.93 bits per heavy atom. The van der Waals surface area contributed by atoms with Gasteiger partial charge in [-0.1, -0.05) is 19.9 Å². The number of benzene rings is 1. The van der Waals surface area contributed by atoms with E-state index in [1.54, 1.807) is 0 Å². The van der Waals surface area contributed by atoms with E-state index in [0.717, 1.165) is 17.5 Å². The van der Waals surface area contributed by atoms with Gasteiger partial charge in [0, 0.05) is 0 Å². The molecule has 0 radical (unpaired) electrons. The number of hydrogen-bond donors (Lipinski definition) is 1. The predicted octanol–water partition coefficient (Wildman–Crippen LogP) is 2.61. The highest BCUT2D eigenvalue weighted by Gasteiger charge is 2.04. The molecule has 3 nitrogen and oxygen atoms in total. The summed E-state index contributed by atoms with van der Waals surface area (Å²) < 4.78 is 5.19. The van der Waals surface area contributed by atoms with Crippen LogP contribution >= 0.6 is 0 Å². The smallest absolute Gasteiger partial charge is 0.292 e. The van der Waals surface area contributed by atoms with Crippen LogP contribution in [-0.2, 0) is 6.42 Å². The maximum absolute atomic E-state index is 5.46. The summed E-state index contributed by atoms with van der Waals surface area (Å²) in [5.41, 5.74) is 8.35. The van der Waals surface area contributed by atoms with E-state index in [4.69, 9.17) is 10.2 Å². The van der Waals surface area contributed by atoms with Crippen molar-refractivity contribution in [3.8, 4) is 0 Å². The SMILES string of the molecule is CC(C)Cc1ccc2oc(N)nc2c1. The van der Waals surface area contributed by atoms with E-state index in [1.807, 2.05) is 12.1 Å². The standard InChI is InChI=1S/C11H14N2O/c1-7(2)5-8-3-4-10-9(6-8)13-11(12)14-10/h3-4,6-7H,5H2,1-2H3,(H2,12,13). The zero-order chi connectivity index (χ0) is 10.1. The maximum Gasteiger partial charge on any atom is 0.292 e. The summed E-state index contributed by atoms with van der Waals surface area (Å²) >= 11 is 0. The molecule has 14 heavy (non-hydrogen) atoms. The topological polar surface area (TPSA) is 52.0 Å². The summed E-state index contributed by atoms with van der Waals surface area (Å²) in [5.74, 6) is 0.650. The molecular formula is C11H14N2O. The van der Waals surface area contributed by atoms with Crippen LogP contribution in [0.5, 0.6) is 0 Å². The lowest BCUT2D eigenvalue weighted by Crippen LogP contribution is -1.93. The second-order valence-corrected chi connectivity index (χ2v) is 3.95. The van der Waals surface area contributed by atoms with Crippen LogP contribution < -0.4 is 5.73 Å². The molecule has 1 aromatic heterocycles. The Hall–Kier alpha value is -1.51. The first kappa shape index (κ1) is 9.06. The minimum absolute atomic E-state index is 0.238. The number of nitrogen functional groups attached to an aromatic ring is 1. The average molecular weight is 190 g/mol. The van der Waals surface area contributed by atoms with Crippen LogP contribution in [0.4, 0.5) is 6.01 Å². The van der Waals surface area contributed by atoms with Gasteiger partial charge in [-0.15, -0.1) is 0 Å². The molecule has 0 aliphatic rings. The molecule has 0 bridgehead atoms. The van der Waals surface area contributed by atoms with Gasteiger partial charge in [-0.3, -0.25) is 0 Å². The van der Waals surface area contributed by atoms with Gasteiger partial charge in [0.1, 0.15) is 5.52 Å². The van der Waals surface area contributed by atoms with Crippen LogP contribution in [0.2, 0.25) is 0 Å². The van der Waals surface area contributed by atoms with Gasteiger partial charge in [-0.2, -0.15) is 4.98 Å². The molecule has 2 N–H and O–H groups in total. The zero-order valence-electron chi connectivity index (χ0n) is 8.45. The molecule has 0 unspecified atom stereocenters. The maximum atomic E-state index is 5.46. The molecule has 0 aliphatic carbocycles. The summed E-state index contributed by atoms with van der Waals surface area (Å²) in [6, 6.07) is 6.26. The normalized spacial score (nSPS) is 11.4. The van der Waals surface area contributed by atoms with Crippen molar-refractivity contribution in [1.29, 1.82) is 0 Å². The second kappa shape index (κ2) is 3.33. The van der Waals surface area contributed by atoms with Gasteiger partial charge >= 0.3 is 0 Å². The molecule has 74 valence electrons. The van der Waals surface area contributed by atoms with Crippen LogP contribution in [0, 0.1) is 5.92 Å². The number of nitrogens with zero attached hydrogens (tertiary/aromatic N) is 1. The van der Waals surface area contributed by atoms with E-state index >= 15 is 0 Å². The lowest BCUT2D eigenvalue weighted by atomic mass is 10.0. The number of aromatic nitrogens is 1. The lowest BCUT2D eigenvalue weighted by Gasteiger charge is -2.03. The Balaban J connectivity index is 2.40. The fourth-order valence-electron chi connectivity index (χ4n) is 1.59. The molecule has 0 aliphatic heterocycles. The highest BCUT2D eigenvalue weighted by Crippen LogP contribution is 2.19. The molecular weight excluding hydrogens is 176 g/mol. The van der Waals surface area contributed by atoms with Gasteiger partial charge in [0.25, 0.3) is 6.01 Å². The summed E-state index contributed by atoms with van der Waals surface area (Å²) in [4.78, 5) is 4.09. The molecule has 0 saturated carbocycles. The zero-order valence-corrected chi connectivity index (χ0v) is 8.45. The summed E-state index contributed by atoms with van der Waals surface area (Å²) in [6.45, 7) is 4.39. The highest BCUT2D eigenvalue weighted by atomic mass is 16.4. The third-order valence-electron chi connectivity index (χ3n) is 2.11. The molecule has 2 aromatic rings. The third-order valence-corrected chi connectivity index (χ3v) is 2.11. The number of fused-ring (bicyclic) bond motifs is 1. The largest absolute Gasteiger partial charge is 0.424 e. The first-order valence-corrected chi connectivity index (χ1v) is 4.80. The first-order chi connectivity index (χ1) is 6.65. The molecule has 1 aromatic carbocycles. The Labute approximate surface area is 82.9 Å². The molecule has 1 heterocycles. The molecule has 3 heteroatoms. The minimum Gasteiger partial charge on any atom is -0.424 e. The fourth-order valence-corrected chi connectivity index (χ4v) is 1.59. The van der Waals surface area contributed by atoms with Crippen molar-refractivity contribution in [2.45, 2.75) is 20.3 Å².